The molecule has 0 amide bonds. The predicted octanol–water partition coefficient (Wildman–Crippen LogP) is 5.94. The summed E-state index contributed by atoms with van der Waals surface area (Å²) in [6.45, 7) is 0. The van der Waals surface area contributed by atoms with E-state index in [4.69, 9.17) is 0 Å². The lowest BCUT2D eigenvalue weighted by atomic mass is 10.1. The minimum Gasteiger partial charge on any atom is -0.356 e. The second-order valence-corrected chi connectivity index (χ2v) is 6.00. The Kier molecular flexibility index (Phi) is 2.86. The van der Waals surface area contributed by atoms with Crippen LogP contribution in [0.5, 0.6) is 0 Å². The van der Waals surface area contributed by atoms with Crippen LogP contribution in [-0.4, -0.2) is 0 Å². The first-order chi connectivity index (χ1) is 10.3. The van der Waals surface area contributed by atoms with E-state index in [2.05, 4.69) is 5.32 Å². The maximum Gasteiger partial charge on any atom is 0.132 e. The first-order valence-electron chi connectivity index (χ1n) is 6.74. The summed E-state index contributed by atoms with van der Waals surface area (Å²) >= 11 is 1.62. The Morgan fingerprint density at radius 1 is 0.762 bits per heavy atom. The Hall–Kier alpha value is -2.39. The van der Waals surface area contributed by atoms with Crippen molar-refractivity contribution in [2.45, 2.75) is 0 Å². The smallest absolute Gasteiger partial charge is 0.132 e. The molecule has 3 aromatic carbocycles. The largest absolute Gasteiger partial charge is 0.356 e. The molecule has 4 rings (SSSR count). The highest BCUT2D eigenvalue weighted by Gasteiger charge is 2.09. The molecular formula is C18H12FNS. The van der Waals surface area contributed by atoms with Crippen LogP contribution in [0.15, 0.2) is 66.7 Å². The van der Waals surface area contributed by atoms with E-state index in [1.165, 1.54) is 6.07 Å². The Balaban J connectivity index is 1.87. The molecule has 0 aliphatic rings. The molecule has 1 nitrogen and oxygen atoms in total. The molecule has 3 heteroatoms. The summed E-state index contributed by atoms with van der Waals surface area (Å²) in [4.78, 5) is 0. The van der Waals surface area contributed by atoms with Gasteiger partial charge in [-0.15, -0.1) is 11.3 Å². The molecular weight excluding hydrogens is 281 g/mol. The molecule has 0 bridgehead atoms. The van der Waals surface area contributed by atoms with E-state index in [1.54, 1.807) is 17.4 Å². The zero-order valence-corrected chi connectivity index (χ0v) is 12.0. The van der Waals surface area contributed by atoms with Crippen molar-refractivity contribution in [3.8, 4) is 0 Å². The molecule has 0 fully saturated rings. The van der Waals surface area contributed by atoms with Crippen molar-refractivity contribution in [1.29, 1.82) is 0 Å². The van der Waals surface area contributed by atoms with Gasteiger partial charge in [0, 0.05) is 31.5 Å². The summed E-state index contributed by atoms with van der Waals surface area (Å²) in [5.41, 5.74) is 1.99. The number of para-hydroxylation sites is 1. The zero-order valence-electron chi connectivity index (χ0n) is 11.1. The Morgan fingerprint density at radius 2 is 1.62 bits per heavy atom. The molecule has 102 valence electrons. The van der Waals surface area contributed by atoms with Gasteiger partial charge in [0.2, 0.25) is 0 Å². The molecule has 1 N–H and O–H groups in total. The third kappa shape index (κ3) is 2.16. The summed E-state index contributed by atoms with van der Waals surface area (Å²) in [5.74, 6) is -0.157. The highest BCUT2D eigenvalue weighted by atomic mass is 32.1. The van der Waals surface area contributed by atoms with Crippen molar-refractivity contribution in [2.24, 2.45) is 0 Å². The highest BCUT2D eigenvalue weighted by molar-refractivity contribution is 7.25. The monoisotopic (exact) mass is 293 g/mol. The normalized spacial score (nSPS) is 11.1. The zero-order chi connectivity index (χ0) is 14.2. The van der Waals surface area contributed by atoms with E-state index in [0.717, 1.165) is 26.2 Å². The van der Waals surface area contributed by atoms with Gasteiger partial charge in [-0.3, -0.25) is 0 Å². The van der Waals surface area contributed by atoms with Crippen molar-refractivity contribution in [3.05, 3.63) is 72.5 Å². The van der Waals surface area contributed by atoms with Crippen LogP contribution in [-0.2, 0) is 0 Å². The second kappa shape index (κ2) is 4.86. The third-order valence-corrected chi connectivity index (χ3v) is 4.64. The van der Waals surface area contributed by atoms with Gasteiger partial charge in [-0.05, 0) is 42.5 Å². The van der Waals surface area contributed by atoms with Crippen LogP contribution in [0, 0.1) is 5.82 Å². The van der Waals surface area contributed by atoms with Gasteiger partial charge in [0.15, 0.2) is 0 Å². The lowest BCUT2D eigenvalue weighted by Gasteiger charge is -2.06. The van der Waals surface area contributed by atoms with E-state index >= 15 is 0 Å². The molecule has 0 unspecified atom stereocenters. The topological polar surface area (TPSA) is 12.0 Å². The standard InChI is InChI=1S/C18H12FNS/c19-15-7-4-8-17-18(15)14-11-13(9-10-16(14)21-17)20-12-5-2-1-3-6-12/h1-11,20H. The molecule has 1 aromatic heterocycles. The van der Waals surface area contributed by atoms with Gasteiger partial charge in [0.05, 0.1) is 0 Å². The van der Waals surface area contributed by atoms with Crippen LogP contribution in [0.3, 0.4) is 0 Å². The number of rotatable bonds is 2. The van der Waals surface area contributed by atoms with Gasteiger partial charge in [0.25, 0.3) is 0 Å². The summed E-state index contributed by atoms with van der Waals surface area (Å²) < 4.78 is 16.2. The van der Waals surface area contributed by atoms with Crippen molar-refractivity contribution < 1.29 is 4.39 Å². The van der Waals surface area contributed by atoms with E-state index in [9.17, 15) is 4.39 Å². The molecule has 0 saturated heterocycles. The van der Waals surface area contributed by atoms with Crippen LogP contribution in [0.1, 0.15) is 0 Å². The number of halogens is 1. The highest BCUT2D eigenvalue weighted by Crippen LogP contribution is 2.37. The molecule has 21 heavy (non-hydrogen) atoms. The average Bonchev–Trinajstić information content (AvgIpc) is 2.87. The summed E-state index contributed by atoms with van der Waals surface area (Å²) in [6, 6.07) is 21.3. The van der Waals surface area contributed by atoms with Crippen molar-refractivity contribution in [3.63, 3.8) is 0 Å². The molecule has 0 atom stereocenters. The van der Waals surface area contributed by atoms with Crippen molar-refractivity contribution in [2.75, 3.05) is 5.32 Å². The van der Waals surface area contributed by atoms with Crippen LogP contribution in [0.25, 0.3) is 20.2 Å². The van der Waals surface area contributed by atoms with Gasteiger partial charge >= 0.3 is 0 Å². The van der Waals surface area contributed by atoms with E-state index in [0.29, 0.717) is 5.39 Å². The van der Waals surface area contributed by atoms with Gasteiger partial charge in [0.1, 0.15) is 5.82 Å². The minimum atomic E-state index is -0.157. The fourth-order valence-electron chi connectivity index (χ4n) is 2.55. The minimum absolute atomic E-state index is 0.157. The number of fused-ring (bicyclic) bond motifs is 3. The second-order valence-electron chi connectivity index (χ2n) is 4.92. The number of thiophene rings is 1. The maximum atomic E-state index is 14.1. The molecule has 0 saturated carbocycles. The van der Waals surface area contributed by atoms with Crippen LogP contribution >= 0.6 is 11.3 Å². The fraction of sp³-hybridized carbons (Fsp3) is 0. The Bertz CT molecular complexity index is 928. The van der Waals surface area contributed by atoms with Gasteiger partial charge in [-0.25, -0.2) is 4.39 Å². The quantitative estimate of drug-likeness (QED) is 0.482. The Labute approximate surface area is 125 Å². The van der Waals surface area contributed by atoms with E-state index < -0.39 is 0 Å². The molecule has 1 heterocycles. The van der Waals surface area contributed by atoms with Gasteiger partial charge in [-0.1, -0.05) is 24.3 Å². The molecule has 0 aliphatic heterocycles. The van der Waals surface area contributed by atoms with E-state index in [1.807, 2.05) is 54.6 Å². The van der Waals surface area contributed by atoms with Gasteiger partial charge < -0.3 is 5.32 Å². The van der Waals surface area contributed by atoms with Crippen LogP contribution < -0.4 is 5.32 Å². The average molecular weight is 293 g/mol. The molecule has 0 radical (unpaired) electrons. The Morgan fingerprint density at radius 3 is 2.48 bits per heavy atom. The van der Waals surface area contributed by atoms with Crippen LogP contribution in [0.2, 0.25) is 0 Å². The summed E-state index contributed by atoms with van der Waals surface area (Å²) in [5, 5.41) is 5.04. The van der Waals surface area contributed by atoms with Crippen molar-refractivity contribution in [1.82, 2.24) is 0 Å². The number of hydrogen-bond donors (Lipinski definition) is 1. The first kappa shape index (κ1) is 12.4. The van der Waals surface area contributed by atoms with Gasteiger partial charge in [-0.2, -0.15) is 0 Å². The summed E-state index contributed by atoms with van der Waals surface area (Å²) in [6.07, 6.45) is 0. The SMILES string of the molecule is Fc1cccc2sc3ccc(Nc4ccccc4)cc3c12. The van der Waals surface area contributed by atoms with Crippen molar-refractivity contribution >= 4 is 42.9 Å². The predicted molar refractivity (Wildman–Crippen MR) is 89.0 cm³/mol. The number of hydrogen-bond acceptors (Lipinski definition) is 2. The lowest BCUT2D eigenvalue weighted by molar-refractivity contribution is 0.641. The molecule has 0 spiro atoms. The fourth-order valence-corrected chi connectivity index (χ4v) is 3.65. The molecule has 0 aliphatic carbocycles. The maximum absolute atomic E-state index is 14.1. The van der Waals surface area contributed by atoms with E-state index in [-0.39, 0.29) is 5.82 Å². The lowest BCUT2D eigenvalue weighted by Crippen LogP contribution is -1.88. The summed E-state index contributed by atoms with van der Waals surface area (Å²) in [7, 11) is 0. The first-order valence-corrected chi connectivity index (χ1v) is 7.56. The third-order valence-electron chi connectivity index (χ3n) is 3.51. The van der Waals surface area contributed by atoms with Crippen LogP contribution in [0.4, 0.5) is 15.8 Å². The molecule has 4 aromatic rings. The number of anilines is 2. The number of nitrogens with one attached hydrogen (secondary N) is 1. The number of benzene rings is 3.